The lowest BCUT2D eigenvalue weighted by Gasteiger charge is -2.36. The van der Waals surface area contributed by atoms with Gasteiger partial charge in [-0.1, -0.05) is 46.4 Å². The van der Waals surface area contributed by atoms with Gasteiger partial charge in [-0.25, -0.2) is 10.4 Å². The molecular formula is C52H62N8O8. The van der Waals surface area contributed by atoms with Gasteiger partial charge in [0, 0.05) is 61.7 Å². The highest BCUT2D eigenvalue weighted by atomic mass is 16.5. The van der Waals surface area contributed by atoms with Gasteiger partial charge in [-0.2, -0.15) is 0 Å². The van der Waals surface area contributed by atoms with Crippen LogP contribution in [0, 0.1) is 11.3 Å². The van der Waals surface area contributed by atoms with Crippen LogP contribution in [0.3, 0.4) is 0 Å². The van der Waals surface area contributed by atoms with Crippen molar-refractivity contribution in [3.05, 3.63) is 108 Å². The Balaban J connectivity index is 1.30. The van der Waals surface area contributed by atoms with E-state index < -0.39 is 59.1 Å². The van der Waals surface area contributed by atoms with Crippen molar-refractivity contribution in [2.75, 3.05) is 32.6 Å². The lowest BCUT2D eigenvalue weighted by molar-refractivity contribution is -0.155. The Hall–Kier alpha value is -6.91. The van der Waals surface area contributed by atoms with Gasteiger partial charge in [0.15, 0.2) is 0 Å². The molecule has 358 valence electrons. The van der Waals surface area contributed by atoms with Crippen molar-refractivity contribution in [1.82, 2.24) is 35.2 Å². The predicted molar refractivity (Wildman–Crippen MR) is 259 cm³/mol. The SMILES string of the molecule is C=CC(=O)Nc1ccc(C(=O)N(C)C(C(=O)N[C@H]2Cc3cc(O)cc(c3)-c3ccc4c(c3)c(c(-c3cccnc3[C@H](C)OC)n4CC)CC(C)(C)COC(=O)[C@@H]3CCCN(N3)C2=O)C(C)C)nc1. The molecule has 0 saturated carbocycles. The van der Waals surface area contributed by atoms with Crippen LogP contribution in [0.4, 0.5) is 5.69 Å². The smallest absolute Gasteiger partial charge is 0.324 e. The minimum absolute atomic E-state index is 0.0295. The third-order valence-electron chi connectivity index (χ3n) is 12.8. The van der Waals surface area contributed by atoms with Gasteiger partial charge in [0.2, 0.25) is 11.8 Å². The lowest BCUT2D eigenvalue weighted by atomic mass is 9.84. The molecule has 1 fully saturated rings. The third kappa shape index (κ3) is 10.5. The standard InChI is InChI=1S/C52H62N8O8/c1-10-44(62)55-35-17-18-40(54-28-35)49(64)58(8)46(30(3)4)48(63)56-42-24-32-22-34(25-36(61)23-32)33-16-19-43-38(26-33)39(47(59(43)11-2)37-14-12-20-53-45(37)31(5)67-9)27-52(6,7)29-68-51(66)41-15-13-21-60(57-41)50(42)65/h10,12,14,16-20,22-23,25-26,28,30-31,41-42,46,57,61H,1,11,13,15,21,24,27,29H2,2-9H3,(H,55,62)(H,56,63)/t31-,41-,42-,46?/m0/s1. The topological polar surface area (TPSA) is 197 Å². The second-order valence-corrected chi connectivity index (χ2v) is 18.8. The van der Waals surface area contributed by atoms with Crippen LogP contribution >= 0.6 is 0 Å². The van der Waals surface area contributed by atoms with Gasteiger partial charge in [-0.05, 0) is 116 Å². The number of methoxy groups -OCH3 is 1. The Bertz CT molecular complexity index is 2730. The molecule has 4 amide bonds. The molecule has 3 aromatic heterocycles. The zero-order chi connectivity index (χ0) is 49.0. The number of carbonyl (C=O) groups is 5. The average Bonchev–Trinajstić information content (AvgIpc) is 3.63. The molecule has 0 spiro atoms. The van der Waals surface area contributed by atoms with Gasteiger partial charge < -0.3 is 34.7 Å². The van der Waals surface area contributed by atoms with Crippen LogP contribution in [-0.4, -0.2) is 105 Å². The second kappa shape index (κ2) is 20.5. The first kappa shape index (κ1) is 49.0. The number of phenolic OH excluding ortho intramolecular Hbond substituents is 1. The largest absolute Gasteiger partial charge is 0.508 e. The highest BCUT2D eigenvalue weighted by Crippen LogP contribution is 2.42. The van der Waals surface area contributed by atoms with Crippen LogP contribution < -0.4 is 16.1 Å². The van der Waals surface area contributed by atoms with E-state index in [0.717, 1.165) is 45.1 Å². The Morgan fingerprint density at radius 3 is 2.54 bits per heavy atom. The van der Waals surface area contributed by atoms with E-state index in [-0.39, 0.29) is 37.1 Å². The summed E-state index contributed by atoms with van der Waals surface area (Å²) in [5, 5.41) is 19.2. The van der Waals surface area contributed by atoms with Crippen molar-refractivity contribution >= 4 is 46.2 Å². The fraction of sp³-hybridized carbons (Fsp3) is 0.404. The number of aromatic nitrogens is 3. The normalized spacial score (nSPS) is 18.3. The summed E-state index contributed by atoms with van der Waals surface area (Å²) < 4.78 is 14.2. The molecular weight excluding hydrogens is 865 g/mol. The van der Waals surface area contributed by atoms with E-state index in [1.807, 2.05) is 25.1 Å². The maximum absolute atomic E-state index is 14.7. The molecule has 4 N–H and O–H groups in total. The number of nitrogens with one attached hydrogen (secondary N) is 3. The highest BCUT2D eigenvalue weighted by Gasteiger charge is 2.38. The number of rotatable bonds is 11. The number of anilines is 1. The number of likely N-dealkylation sites (N-methyl/N-ethyl adjacent to an activating group) is 1. The van der Waals surface area contributed by atoms with Crippen molar-refractivity contribution < 1.29 is 38.6 Å². The summed E-state index contributed by atoms with van der Waals surface area (Å²) in [5.41, 5.74) is 9.80. The maximum atomic E-state index is 14.7. The summed E-state index contributed by atoms with van der Waals surface area (Å²) in [5.74, 6) is -3.02. The summed E-state index contributed by atoms with van der Waals surface area (Å²) in [6, 6.07) is 15.2. The quantitative estimate of drug-likeness (QED) is 0.0806. The van der Waals surface area contributed by atoms with Gasteiger partial charge in [0.1, 0.15) is 29.6 Å². The third-order valence-corrected chi connectivity index (χ3v) is 12.8. The van der Waals surface area contributed by atoms with Crippen molar-refractivity contribution in [3.63, 3.8) is 0 Å². The molecule has 4 atom stereocenters. The minimum Gasteiger partial charge on any atom is -0.508 e. The Kier molecular flexibility index (Phi) is 14.8. The van der Waals surface area contributed by atoms with Gasteiger partial charge in [-0.15, -0.1) is 0 Å². The van der Waals surface area contributed by atoms with Gasteiger partial charge in [0.05, 0.1) is 36.0 Å². The zero-order valence-corrected chi connectivity index (χ0v) is 40.1. The van der Waals surface area contributed by atoms with Crippen molar-refractivity contribution in [2.24, 2.45) is 11.3 Å². The average molecular weight is 927 g/mol. The van der Waals surface area contributed by atoms with E-state index in [9.17, 15) is 29.1 Å². The second-order valence-electron chi connectivity index (χ2n) is 18.8. The number of phenols is 1. The monoisotopic (exact) mass is 926 g/mol. The van der Waals surface area contributed by atoms with Crippen LogP contribution in [0.5, 0.6) is 5.75 Å². The van der Waals surface area contributed by atoms with Crippen molar-refractivity contribution in [3.8, 4) is 28.1 Å². The Morgan fingerprint density at radius 1 is 1.07 bits per heavy atom. The van der Waals surface area contributed by atoms with Crippen LogP contribution in [0.25, 0.3) is 33.3 Å². The summed E-state index contributed by atoms with van der Waals surface area (Å²) in [4.78, 5) is 79.1. The van der Waals surface area contributed by atoms with E-state index in [1.165, 1.54) is 35.3 Å². The van der Waals surface area contributed by atoms with Crippen LogP contribution in [0.15, 0.2) is 85.7 Å². The molecule has 2 aliphatic heterocycles. The molecule has 1 saturated heterocycles. The molecule has 5 heterocycles. The lowest BCUT2D eigenvalue weighted by Crippen LogP contribution is -2.62. The maximum Gasteiger partial charge on any atom is 0.324 e. The van der Waals surface area contributed by atoms with E-state index in [0.29, 0.717) is 42.6 Å². The van der Waals surface area contributed by atoms with Crippen LogP contribution in [-0.2, 0) is 48.0 Å². The molecule has 68 heavy (non-hydrogen) atoms. The first-order chi connectivity index (χ1) is 32.4. The number of esters is 1. The van der Waals surface area contributed by atoms with Gasteiger partial charge >= 0.3 is 5.97 Å². The number of pyridine rings is 2. The van der Waals surface area contributed by atoms with E-state index in [1.54, 1.807) is 39.3 Å². The fourth-order valence-corrected chi connectivity index (χ4v) is 9.34. The number of aromatic hydroxyl groups is 1. The molecule has 6 bridgehead atoms. The number of aryl methyl sites for hydroxylation is 1. The molecule has 0 radical (unpaired) electrons. The number of carbonyl (C=O) groups excluding carboxylic acids is 5. The number of hydrogen-bond donors (Lipinski definition) is 4. The summed E-state index contributed by atoms with van der Waals surface area (Å²) in [6.07, 6.45) is 5.33. The van der Waals surface area contributed by atoms with Crippen LogP contribution in [0.2, 0.25) is 0 Å². The predicted octanol–water partition coefficient (Wildman–Crippen LogP) is 6.77. The van der Waals surface area contributed by atoms with Crippen molar-refractivity contribution in [2.45, 2.75) is 98.0 Å². The number of ether oxygens (including phenoxy) is 2. The molecule has 2 aliphatic rings. The van der Waals surface area contributed by atoms with E-state index >= 15 is 0 Å². The van der Waals surface area contributed by atoms with Crippen LogP contribution in [0.1, 0.15) is 87.8 Å². The highest BCUT2D eigenvalue weighted by molar-refractivity contribution is 6.00. The first-order valence-corrected chi connectivity index (χ1v) is 23.1. The van der Waals surface area contributed by atoms with Gasteiger partial charge in [-0.3, -0.25) is 34.0 Å². The molecule has 16 nitrogen and oxygen atoms in total. The molecule has 0 aliphatic carbocycles. The number of hydrogen-bond acceptors (Lipinski definition) is 11. The number of amides is 4. The zero-order valence-electron chi connectivity index (χ0n) is 40.1. The molecule has 1 unspecified atom stereocenters. The summed E-state index contributed by atoms with van der Waals surface area (Å²) in [6.45, 7) is 16.2. The molecule has 2 aromatic carbocycles. The number of hydrazine groups is 1. The first-order valence-electron chi connectivity index (χ1n) is 23.1. The fourth-order valence-electron chi connectivity index (χ4n) is 9.34. The molecule has 16 heteroatoms. The van der Waals surface area contributed by atoms with Gasteiger partial charge in [0.25, 0.3) is 11.8 Å². The number of benzene rings is 2. The molecule has 7 rings (SSSR count). The Morgan fingerprint density at radius 2 is 1.85 bits per heavy atom. The minimum atomic E-state index is -1.20. The summed E-state index contributed by atoms with van der Waals surface area (Å²) >= 11 is 0. The number of fused-ring (bicyclic) bond motifs is 6. The van der Waals surface area contributed by atoms with E-state index in [2.05, 4.69) is 71.2 Å². The van der Waals surface area contributed by atoms with E-state index in [4.69, 9.17) is 14.5 Å². The number of nitrogens with zero attached hydrogens (tertiary/aromatic N) is 5. The van der Waals surface area contributed by atoms with Crippen molar-refractivity contribution in [1.29, 1.82) is 0 Å². The Labute approximate surface area is 397 Å². The summed E-state index contributed by atoms with van der Waals surface area (Å²) in [7, 11) is 3.16. The number of cyclic esters (lactones) is 1. The molecule has 5 aromatic rings.